The van der Waals surface area contributed by atoms with Gasteiger partial charge < -0.3 is 10.6 Å². The lowest BCUT2D eigenvalue weighted by Gasteiger charge is -2.37. The fraction of sp³-hybridized carbons (Fsp3) is 0.500. The van der Waals surface area contributed by atoms with Crippen LogP contribution < -0.4 is 5.73 Å². The Hall–Kier alpha value is -1.43. The van der Waals surface area contributed by atoms with Gasteiger partial charge in [0.1, 0.15) is 0 Å². The second-order valence-electron chi connectivity index (χ2n) is 5.73. The third-order valence-corrected chi connectivity index (χ3v) is 4.37. The van der Waals surface area contributed by atoms with Crippen LogP contribution in [0.15, 0.2) is 18.2 Å². The number of carbonyl (C=O) groups is 1. The van der Waals surface area contributed by atoms with Gasteiger partial charge in [-0.3, -0.25) is 4.79 Å². The molecular weight excluding hydrogens is 305 g/mol. The standard InChI is InChI=1S/C14H16ClF3N2O/c1-13(2)11(14(16,17)18)5-6-20(13)12(21)9-4-3-8(19)7-10(9)15/h3-4,7,11H,5-6,19H2,1-2H3. The number of anilines is 1. The lowest BCUT2D eigenvalue weighted by molar-refractivity contribution is -0.189. The van der Waals surface area contributed by atoms with E-state index in [1.165, 1.54) is 36.9 Å². The molecule has 1 aliphatic rings. The fourth-order valence-corrected chi connectivity index (χ4v) is 3.14. The summed E-state index contributed by atoms with van der Waals surface area (Å²) in [5, 5.41) is 0.145. The first-order valence-electron chi connectivity index (χ1n) is 6.49. The summed E-state index contributed by atoms with van der Waals surface area (Å²) in [6, 6.07) is 4.36. The highest BCUT2D eigenvalue weighted by Gasteiger charge is 2.56. The zero-order valence-corrected chi connectivity index (χ0v) is 12.4. The second-order valence-corrected chi connectivity index (χ2v) is 6.14. The number of rotatable bonds is 1. The number of alkyl halides is 3. The van der Waals surface area contributed by atoms with Gasteiger partial charge >= 0.3 is 6.18 Å². The van der Waals surface area contributed by atoms with Gasteiger partial charge in [-0.25, -0.2) is 0 Å². The van der Waals surface area contributed by atoms with E-state index in [1.54, 1.807) is 0 Å². The van der Waals surface area contributed by atoms with Crippen LogP contribution in [0.25, 0.3) is 0 Å². The van der Waals surface area contributed by atoms with Gasteiger partial charge in [-0.15, -0.1) is 0 Å². The fourth-order valence-electron chi connectivity index (χ4n) is 2.87. The van der Waals surface area contributed by atoms with Crippen LogP contribution in [0.2, 0.25) is 5.02 Å². The molecule has 0 saturated carbocycles. The van der Waals surface area contributed by atoms with Gasteiger partial charge in [-0.05, 0) is 38.5 Å². The number of benzene rings is 1. The zero-order chi connectivity index (χ0) is 16.0. The Balaban J connectivity index is 2.33. The Bertz CT molecular complexity index is 572. The van der Waals surface area contributed by atoms with Gasteiger partial charge in [0.05, 0.1) is 16.5 Å². The van der Waals surface area contributed by atoms with Crippen LogP contribution in [0.3, 0.4) is 0 Å². The third kappa shape index (κ3) is 2.81. The monoisotopic (exact) mass is 320 g/mol. The smallest absolute Gasteiger partial charge is 0.394 e. The number of amides is 1. The topological polar surface area (TPSA) is 46.3 Å². The minimum atomic E-state index is -4.33. The lowest BCUT2D eigenvalue weighted by Crippen LogP contribution is -2.49. The molecule has 1 amide bonds. The molecule has 1 unspecified atom stereocenters. The van der Waals surface area contributed by atoms with E-state index in [9.17, 15) is 18.0 Å². The maximum Gasteiger partial charge on any atom is 0.394 e. The number of halogens is 4. The molecule has 0 bridgehead atoms. The first-order chi connectivity index (χ1) is 9.55. The van der Waals surface area contributed by atoms with E-state index in [2.05, 4.69) is 0 Å². The Morgan fingerprint density at radius 1 is 1.43 bits per heavy atom. The lowest BCUT2D eigenvalue weighted by atomic mass is 9.87. The molecular formula is C14H16ClF3N2O. The van der Waals surface area contributed by atoms with Crippen LogP contribution in [0.1, 0.15) is 30.6 Å². The summed E-state index contributed by atoms with van der Waals surface area (Å²) in [6.45, 7) is 2.92. The molecule has 3 nitrogen and oxygen atoms in total. The summed E-state index contributed by atoms with van der Waals surface area (Å²) in [4.78, 5) is 13.7. The number of nitrogen functional groups attached to an aromatic ring is 1. The summed E-state index contributed by atoms with van der Waals surface area (Å²) in [6.07, 6.45) is -4.43. The van der Waals surface area contributed by atoms with Gasteiger partial charge in [0.15, 0.2) is 0 Å². The van der Waals surface area contributed by atoms with Crippen LogP contribution in [0.4, 0.5) is 18.9 Å². The minimum absolute atomic E-state index is 0.0523. The highest BCUT2D eigenvalue weighted by atomic mass is 35.5. The van der Waals surface area contributed by atoms with E-state index in [1.807, 2.05) is 0 Å². The van der Waals surface area contributed by atoms with Crippen LogP contribution in [0, 0.1) is 5.92 Å². The first-order valence-corrected chi connectivity index (χ1v) is 6.86. The van der Waals surface area contributed by atoms with Crippen molar-refractivity contribution in [1.82, 2.24) is 4.90 Å². The molecule has 7 heteroatoms. The van der Waals surface area contributed by atoms with Gasteiger partial charge in [0, 0.05) is 17.8 Å². The highest BCUT2D eigenvalue weighted by Crippen LogP contribution is 2.45. The molecule has 1 aromatic carbocycles. The predicted molar refractivity (Wildman–Crippen MR) is 75.1 cm³/mol. The second kappa shape index (κ2) is 5.09. The van der Waals surface area contributed by atoms with E-state index in [-0.39, 0.29) is 23.6 Å². The van der Waals surface area contributed by atoms with E-state index in [0.29, 0.717) is 5.69 Å². The number of nitrogens with two attached hydrogens (primary N) is 1. The summed E-state index contributed by atoms with van der Waals surface area (Å²) >= 11 is 5.97. The molecule has 2 rings (SSSR count). The summed E-state index contributed by atoms with van der Waals surface area (Å²) in [7, 11) is 0. The average molecular weight is 321 g/mol. The SMILES string of the molecule is CC1(C)C(C(F)(F)F)CCN1C(=O)c1ccc(N)cc1Cl. The molecule has 0 aromatic heterocycles. The zero-order valence-electron chi connectivity index (χ0n) is 11.7. The van der Waals surface area contributed by atoms with Crippen LogP contribution in [-0.4, -0.2) is 29.1 Å². The van der Waals surface area contributed by atoms with Crippen LogP contribution in [-0.2, 0) is 0 Å². The molecule has 1 aromatic rings. The van der Waals surface area contributed by atoms with Crippen LogP contribution >= 0.6 is 11.6 Å². The Labute approximate surface area is 125 Å². The summed E-state index contributed by atoms with van der Waals surface area (Å²) in [5.41, 5.74) is 4.81. The number of hydrogen-bond acceptors (Lipinski definition) is 2. The molecule has 1 aliphatic heterocycles. The normalized spacial score (nSPS) is 21.6. The number of nitrogens with zero attached hydrogens (tertiary/aromatic N) is 1. The van der Waals surface area contributed by atoms with Crippen molar-refractivity contribution in [3.05, 3.63) is 28.8 Å². The van der Waals surface area contributed by atoms with Gasteiger partial charge in [-0.1, -0.05) is 11.6 Å². The molecule has 1 atom stereocenters. The Morgan fingerprint density at radius 3 is 2.52 bits per heavy atom. The molecule has 1 heterocycles. The maximum absolute atomic E-state index is 13.0. The van der Waals surface area contributed by atoms with Crippen molar-refractivity contribution in [3.8, 4) is 0 Å². The number of carbonyl (C=O) groups excluding carboxylic acids is 1. The van der Waals surface area contributed by atoms with Crippen molar-refractivity contribution in [2.24, 2.45) is 5.92 Å². The molecule has 0 spiro atoms. The van der Waals surface area contributed by atoms with Gasteiger partial charge in [-0.2, -0.15) is 13.2 Å². The summed E-state index contributed by atoms with van der Waals surface area (Å²) < 4.78 is 39.1. The van der Waals surface area contributed by atoms with E-state index in [0.717, 1.165) is 0 Å². The Kier molecular flexibility index (Phi) is 3.86. The third-order valence-electron chi connectivity index (χ3n) is 4.05. The molecule has 21 heavy (non-hydrogen) atoms. The largest absolute Gasteiger partial charge is 0.399 e. The van der Waals surface area contributed by atoms with E-state index >= 15 is 0 Å². The minimum Gasteiger partial charge on any atom is -0.399 e. The molecule has 2 N–H and O–H groups in total. The molecule has 1 fully saturated rings. The van der Waals surface area contributed by atoms with Gasteiger partial charge in [0.25, 0.3) is 5.91 Å². The number of likely N-dealkylation sites (tertiary alicyclic amines) is 1. The molecule has 0 aliphatic carbocycles. The van der Waals surface area contributed by atoms with Crippen molar-refractivity contribution in [2.45, 2.75) is 32.0 Å². The van der Waals surface area contributed by atoms with E-state index in [4.69, 9.17) is 17.3 Å². The van der Waals surface area contributed by atoms with Crippen molar-refractivity contribution < 1.29 is 18.0 Å². The quantitative estimate of drug-likeness (QED) is 0.801. The highest BCUT2D eigenvalue weighted by molar-refractivity contribution is 6.34. The predicted octanol–water partition coefficient (Wildman–Crippen LogP) is 3.73. The molecule has 116 valence electrons. The van der Waals surface area contributed by atoms with E-state index < -0.39 is 23.5 Å². The number of hydrogen-bond donors (Lipinski definition) is 1. The maximum atomic E-state index is 13.0. The van der Waals surface area contributed by atoms with Crippen molar-refractivity contribution in [1.29, 1.82) is 0 Å². The average Bonchev–Trinajstić information content (AvgIpc) is 2.63. The molecule has 1 saturated heterocycles. The summed E-state index contributed by atoms with van der Waals surface area (Å²) in [5.74, 6) is -2.04. The molecule has 0 radical (unpaired) electrons. The van der Waals surface area contributed by atoms with Crippen molar-refractivity contribution in [2.75, 3.05) is 12.3 Å². The Morgan fingerprint density at radius 2 is 2.05 bits per heavy atom. The van der Waals surface area contributed by atoms with Crippen LogP contribution in [0.5, 0.6) is 0 Å². The first kappa shape index (κ1) is 15.9. The van der Waals surface area contributed by atoms with Crippen molar-refractivity contribution in [3.63, 3.8) is 0 Å². The van der Waals surface area contributed by atoms with Gasteiger partial charge in [0.2, 0.25) is 0 Å². The van der Waals surface area contributed by atoms with Crippen molar-refractivity contribution >= 4 is 23.2 Å².